The van der Waals surface area contributed by atoms with Crippen molar-refractivity contribution in [1.29, 1.82) is 0 Å². The van der Waals surface area contributed by atoms with Crippen LogP contribution in [0.4, 0.5) is 4.39 Å². The lowest BCUT2D eigenvalue weighted by atomic mass is 9.89. The third-order valence-corrected chi connectivity index (χ3v) is 5.54. The Morgan fingerprint density at radius 3 is 2.52 bits per heavy atom. The van der Waals surface area contributed by atoms with Crippen molar-refractivity contribution < 1.29 is 18.7 Å². The fourth-order valence-corrected chi connectivity index (χ4v) is 3.71. The topological polar surface area (TPSA) is 61.9 Å². The summed E-state index contributed by atoms with van der Waals surface area (Å²) >= 11 is 0. The molecule has 2 heterocycles. The van der Waals surface area contributed by atoms with Gasteiger partial charge in [-0.15, -0.1) is 0 Å². The molecule has 1 spiro atoms. The van der Waals surface area contributed by atoms with Gasteiger partial charge in [0.1, 0.15) is 11.6 Å². The maximum Gasteiger partial charge on any atom is 0.260 e. The molecule has 2 saturated carbocycles. The predicted octanol–water partition coefficient (Wildman–Crippen LogP) is -0.0737. The summed E-state index contributed by atoms with van der Waals surface area (Å²) in [4.78, 5) is 27.9. The Labute approximate surface area is 135 Å². The van der Waals surface area contributed by atoms with Crippen molar-refractivity contribution >= 4 is 11.8 Å². The molecule has 0 bridgehead atoms. The summed E-state index contributed by atoms with van der Waals surface area (Å²) < 4.78 is 19.9. The third-order valence-electron chi connectivity index (χ3n) is 5.54. The molecule has 6 nitrogen and oxygen atoms in total. The highest BCUT2D eigenvalue weighted by molar-refractivity contribution is 5.89. The second-order valence-corrected chi connectivity index (χ2v) is 7.62. The first-order valence-electron chi connectivity index (χ1n) is 8.53. The minimum absolute atomic E-state index is 0.0200. The zero-order chi connectivity index (χ0) is 16.2. The quantitative estimate of drug-likeness (QED) is 0.786. The van der Waals surface area contributed by atoms with E-state index in [1.807, 2.05) is 0 Å². The first-order valence-corrected chi connectivity index (χ1v) is 8.53. The van der Waals surface area contributed by atoms with E-state index in [0.717, 1.165) is 6.54 Å². The largest absolute Gasteiger partial charge is 0.368 e. The fourth-order valence-electron chi connectivity index (χ4n) is 3.71. The number of likely N-dealkylation sites (tertiary alicyclic amines) is 1. The molecular weight excluding hydrogens is 301 g/mol. The van der Waals surface area contributed by atoms with Crippen molar-refractivity contribution in [3.63, 3.8) is 0 Å². The summed E-state index contributed by atoms with van der Waals surface area (Å²) in [5.74, 6) is 0.276. The number of hydrogen-bond donors (Lipinski definition) is 1. The first-order chi connectivity index (χ1) is 10.9. The molecule has 0 unspecified atom stereocenters. The average molecular weight is 325 g/mol. The van der Waals surface area contributed by atoms with Gasteiger partial charge in [-0.1, -0.05) is 0 Å². The molecule has 0 aromatic rings. The lowest BCUT2D eigenvalue weighted by Crippen LogP contribution is -2.74. The van der Waals surface area contributed by atoms with Crippen LogP contribution in [0, 0.1) is 5.92 Å². The third kappa shape index (κ3) is 2.74. The lowest BCUT2D eigenvalue weighted by molar-refractivity contribution is -0.207. The van der Waals surface area contributed by atoms with Crippen molar-refractivity contribution in [1.82, 2.24) is 15.1 Å². The van der Waals surface area contributed by atoms with Gasteiger partial charge in [-0.05, 0) is 31.6 Å². The standard InChI is InChI=1S/C16H24FN3O3/c1-18-13(21)12-7-23-15(8-19(12)6-11-2-3-11)9-20(10-15)14(22)16(17)4-5-16/h11-12H,2-10H2,1H3,(H,18,21)/t12-/m0/s1. The molecule has 2 aliphatic heterocycles. The number of alkyl halides is 1. The van der Waals surface area contributed by atoms with Crippen LogP contribution < -0.4 is 5.32 Å². The van der Waals surface area contributed by atoms with Crippen LogP contribution >= 0.6 is 0 Å². The molecule has 4 aliphatic rings. The molecule has 2 amide bonds. The van der Waals surface area contributed by atoms with Crippen LogP contribution in [-0.4, -0.2) is 78.8 Å². The molecule has 4 fully saturated rings. The number of amides is 2. The predicted molar refractivity (Wildman–Crippen MR) is 80.5 cm³/mol. The van der Waals surface area contributed by atoms with Crippen LogP contribution in [0.5, 0.6) is 0 Å². The Hall–Kier alpha value is -1.21. The molecule has 128 valence electrons. The number of hydrogen-bond acceptors (Lipinski definition) is 4. The summed E-state index contributed by atoms with van der Waals surface area (Å²) in [7, 11) is 1.64. The molecule has 7 heteroatoms. The van der Waals surface area contributed by atoms with Gasteiger partial charge in [0.15, 0.2) is 5.67 Å². The van der Waals surface area contributed by atoms with Crippen molar-refractivity contribution in [3.8, 4) is 0 Å². The Kier molecular flexibility index (Phi) is 3.43. The van der Waals surface area contributed by atoms with Gasteiger partial charge in [-0.25, -0.2) is 4.39 Å². The molecule has 2 saturated heterocycles. The molecule has 23 heavy (non-hydrogen) atoms. The Morgan fingerprint density at radius 2 is 1.96 bits per heavy atom. The van der Waals surface area contributed by atoms with Gasteiger partial charge in [0.05, 0.1) is 19.7 Å². The number of nitrogens with zero attached hydrogens (tertiary/aromatic N) is 2. The fraction of sp³-hybridized carbons (Fsp3) is 0.875. The second-order valence-electron chi connectivity index (χ2n) is 7.62. The van der Waals surface area contributed by atoms with Gasteiger partial charge in [-0.3, -0.25) is 14.5 Å². The second kappa shape index (κ2) is 5.14. The minimum Gasteiger partial charge on any atom is -0.368 e. The van der Waals surface area contributed by atoms with Crippen molar-refractivity contribution in [2.45, 2.75) is 43.0 Å². The monoisotopic (exact) mass is 325 g/mol. The number of carbonyl (C=O) groups is 2. The van der Waals surface area contributed by atoms with Crippen molar-refractivity contribution in [2.24, 2.45) is 5.92 Å². The van der Waals surface area contributed by atoms with E-state index in [1.165, 1.54) is 12.8 Å². The van der Waals surface area contributed by atoms with Crippen molar-refractivity contribution in [2.75, 3.05) is 39.8 Å². The number of likely N-dealkylation sites (N-methyl/N-ethyl adjacent to an activating group) is 1. The number of halogens is 1. The van der Waals surface area contributed by atoms with Gasteiger partial charge >= 0.3 is 0 Å². The Balaban J connectivity index is 1.39. The molecule has 0 radical (unpaired) electrons. The number of ether oxygens (including phenoxy) is 1. The zero-order valence-electron chi connectivity index (χ0n) is 13.5. The van der Waals surface area contributed by atoms with Crippen LogP contribution in [0.1, 0.15) is 25.7 Å². The maximum atomic E-state index is 13.9. The summed E-state index contributed by atoms with van der Waals surface area (Å²) in [6.07, 6.45) is 3.14. The Bertz CT molecular complexity index is 527. The molecular formula is C16H24FN3O3. The normalized spacial score (nSPS) is 31.6. The van der Waals surface area contributed by atoms with Crippen LogP contribution in [0.3, 0.4) is 0 Å². The summed E-state index contributed by atoms with van der Waals surface area (Å²) in [6, 6.07) is -0.257. The van der Waals surface area contributed by atoms with E-state index in [4.69, 9.17) is 4.74 Å². The van der Waals surface area contributed by atoms with Gasteiger partial charge in [0.25, 0.3) is 5.91 Å². The van der Waals surface area contributed by atoms with E-state index in [1.54, 1.807) is 11.9 Å². The number of nitrogens with one attached hydrogen (secondary N) is 1. The van der Waals surface area contributed by atoms with Crippen LogP contribution in [0.25, 0.3) is 0 Å². The summed E-state index contributed by atoms with van der Waals surface area (Å²) in [5.41, 5.74) is -2.02. The summed E-state index contributed by atoms with van der Waals surface area (Å²) in [6.45, 7) is 2.78. The number of carbonyl (C=O) groups excluding carboxylic acids is 2. The molecule has 1 N–H and O–H groups in total. The SMILES string of the molecule is CNC(=O)[C@@H]1COC2(CN(C(=O)C3(F)CC3)C2)CN1CC1CC1. The van der Waals surface area contributed by atoms with Crippen molar-refractivity contribution in [3.05, 3.63) is 0 Å². The smallest absolute Gasteiger partial charge is 0.260 e. The summed E-state index contributed by atoms with van der Waals surface area (Å²) in [5, 5.41) is 2.70. The van der Waals surface area contributed by atoms with Crippen LogP contribution in [-0.2, 0) is 14.3 Å². The van der Waals surface area contributed by atoms with Gasteiger partial charge in [0, 0.05) is 20.1 Å². The van der Waals surface area contributed by atoms with Crippen LogP contribution in [0.2, 0.25) is 0 Å². The van der Waals surface area contributed by atoms with E-state index in [-0.39, 0.29) is 17.9 Å². The van der Waals surface area contributed by atoms with E-state index in [2.05, 4.69) is 10.2 Å². The highest BCUT2D eigenvalue weighted by Crippen LogP contribution is 2.44. The molecule has 0 aromatic heterocycles. The van der Waals surface area contributed by atoms with Gasteiger partial charge < -0.3 is 15.0 Å². The zero-order valence-corrected chi connectivity index (χ0v) is 13.5. The highest BCUT2D eigenvalue weighted by atomic mass is 19.1. The van der Waals surface area contributed by atoms with Crippen LogP contribution in [0.15, 0.2) is 0 Å². The van der Waals surface area contributed by atoms with E-state index >= 15 is 0 Å². The van der Waals surface area contributed by atoms with E-state index in [9.17, 15) is 14.0 Å². The molecule has 4 rings (SSSR count). The first kappa shape index (κ1) is 15.3. The number of rotatable bonds is 4. The van der Waals surface area contributed by atoms with Gasteiger partial charge in [-0.2, -0.15) is 0 Å². The highest BCUT2D eigenvalue weighted by Gasteiger charge is 2.59. The lowest BCUT2D eigenvalue weighted by Gasteiger charge is -2.55. The molecule has 2 aliphatic carbocycles. The minimum atomic E-state index is -1.60. The van der Waals surface area contributed by atoms with E-state index < -0.39 is 11.3 Å². The van der Waals surface area contributed by atoms with Gasteiger partial charge in [0.2, 0.25) is 5.91 Å². The molecule has 1 atom stereocenters. The average Bonchev–Trinajstić information content (AvgIpc) is 3.42. The number of morpholine rings is 1. The van der Waals surface area contributed by atoms with E-state index in [0.29, 0.717) is 45.0 Å². The Morgan fingerprint density at radius 1 is 1.26 bits per heavy atom. The molecule has 0 aromatic carbocycles. The maximum absolute atomic E-state index is 13.9.